The van der Waals surface area contributed by atoms with E-state index in [0.717, 1.165) is 30.6 Å². The van der Waals surface area contributed by atoms with Gasteiger partial charge in [0.2, 0.25) is 5.91 Å². The summed E-state index contributed by atoms with van der Waals surface area (Å²) < 4.78 is 96.1. The molecule has 45 heavy (non-hydrogen) atoms. The van der Waals surface area contributed by atoms with Crippen LogP contribution in [0.2, 0.25) is 0 Å². The number of thiophene rings is 1. The standard InChI is InChI=1S/C33H33F7N2O2S/c1-18-13-24(34)9-10-25(18)29-27(26(17-41)28(45-29)20-7-5-19(6-8-20)11-12-43)42(4)30(44)31(2,3)21-14-22(32(35,36)37)16-23(15-21)33(38,39)40/h9-10,13-16,19-20,43H,5-8,11-12H2,1-4H3. The number of rotatable bonds is 7. The number of anilines is 1. The zero-order valence-corrected chi connectivity index (χ0v) is 26.0. The quantitative estimate of drug-likeness (QED) is 0.258. The number of hydrogen-bond acceptors (Lipinski definition) is 4. The first-order chi connectivity index (χ1) is 20.9. The van der Waals surface area contributed by atoms with Gasteiger partial charge in [-0.1, -0.05) is 6.07 Å². The Kier molecular flexibility index (Phi) is 9.76. The maximum atomic E-state index is 14.2. The van der Waals surface area contributed by atoms with Crippen LogP contribution in [0.3, 0.4) is 0 Å². The van der Waals surface area contributed by atoms with Crippen LogP contribution in [0, 0.1) is 30.0 Å². The van der Waals surface area contributed by atoms with Gasteiger partial charge in [-0.05, 0) is 112 Å². The molecule has 0 saturated heterocycles. The van der Waals surface area contributed by atoms with Gasteiger partial charge in [0.05, 0.1) is 32.7 Å². The summed E-state index contributed by atoms with van der Waals surface area (Å²) in [5, 5.41) is 19.8. The molecule has 1 aromatic heterocycles. The van der Waals surface area contributed by atoms with Gasteiger partial charge in [0.1, 0.15) is 11.9 Å². The van der Waals surface area contributed by atoms with Crippen LogP contribution in [-0.2, 0) is 22.6 Å². The van der Waals surface area contributed by atoms with Gasteiger partial charge in [-0.2, -0.15) is 31.6 Å². The van der Waals surface area contributed by atoms with Crippen LogP contribution in [0.25, 0.3) is 10.4 Å². The number of nitriles is 1. The Morgan fingerprint density at radius 3 is 2.02 bits per heavy atom. The molecular formula is C33H33F7N2O2S. The van der Waals surface area contributed by atoms with Crippen molar-refractivity contribution < 1.29 is 40.6 Å². The molecule has 4 rings (SSSR count). The number of likely N-dealkylation sites (N-methyl/N-ethyl adjacent to an activating group) is 1. The lowest BCUT2D eigenvalue weighted by Gasteiger charge is -2.31. The Balaban J connectivity index is 1.86. The van der Waals surface area contributed by atoms with E-state index >= 15 is 0 Å². The van der Waals surface area contributed by atoms with Crippen molar-refractivity contribution in [2.24, 2.45) is 5.92 Å². The van der Waals surface area contributed by atoms with Crippen molar-refractivity contribution in [3.63, 3.8) is 0 Å². The third-order valence-corrected chi connectivity index (χ3v) is 10.1. The number of carbonyl (C=O) groups is 1. The number of alkyl halides is 6. The number of benzene rings is 2. The summed E-state index contributed by atoms with van der Waals surface area (Å²) >= 11 is 1.28. The van der Waals surface area contributed by atoms with Gasteiger partial charge in [-0.25, -0.2) is 4.39 Å². The predicted molar refractivity (Wildman–Crippen MR) is 158 cm³/mol. The van der Waals surface area contributed by atoms with E-state index in [9.17, 15) is 45.9 Å². The molecular weight excluding hydrogens is 621 g/mol. The Bertz CT molecular complexity index is 1580. The minimum atomic E-state index is -5.10. The van der Waals surface area contributed by atoms with Gasteiger partial charge in [-0.3, -0.25) is 4.79 Å². The van der Waals surface area contributed by atoms with E-state index in [-0.39, 0.29) is 29.8 Å². The molecule has 1 amide bonds. The van der Waals surface area contributed by atoms with E-state index in [4.69, 9.17) is 0 Å². The molecule has 0 spiro atoms. The van der Waals surface area contributed by atoms with Gasteiger partial charge in [-0.15, -0.1) is 11.3 Å². The van der Waals surface area contributed by atoms with Crippen molar-refractivity contribution in [2.75, 3.05) is 18.6 Å². The second-order valence-corrected chi connectivity index (χ2v) is 13.2. The lowest BCUT2D eigenvalue weighted by molar-refractivity contribution is -0.143. The third kappa shape index (κ3) is 7.04. The van der Waals surface area contributed by atoms with Crippen molar-refractivity contribution in [2.45, 2.75) is 76.6 Å². The fourth-order valence-corrected chi connectivity index (χ4v) is 7.62. The highest BCUT2D eigenvalue weighted by molar-refractivity contribution is 7.16. The summed E-state index contributed by atoms with van der Waals surface area (Å²) in [7, 11) is 1.34. The van der Waals surface area contributed by atoms with E-state index in [1.807, 2.05) is 0 Å². The summed E-state index contributed by atoms with van der Waals surface area (Å²) in [5.74, 6) is -1.02. The lowest BCUT2D eigenvalue weighted by atomic mass is 9.79. The third-order valence-electron chi connectivity index (χ3n) is 8.69. The van der Waals surface area contributed by atoms with E-state index in [1.165, 1.54) is 50.4 Å². The number of aliphatic hydroxyl groups is 1. The van der Waals surface area contributed by atoms with Crippen LogP contribution in [-0.4, -0.2) is 24.7 Å². The van der Waals surface area contributed by atoms with Gasteiger partial charge in [0.15, 0.2) is 0 Å². The van der Waals surface area contributed by atoms with Gasteiger partial charge in [0.25, 0.3) is 0 Å². The summed E-state index contributed by atoms with van der Waals surface area (Å²) in [4.78, 5) is 16.5. The molecule has 2 aromatic carbocycles. The van der Waals surface area contributed by atoms with E-state index < -0.39 is 46.2 Å². The highest BCUT2D eigenvalue weighted by Gasteiger charge is 2.42. The molecule has 1 heterocycles. The monoisotopic (exact) mass is 654 g/mol. The molecule has 3 aromatic rings. The molecule has 242 valence electrons. The molecule has 1 fully saturated rings. The molecule has 12 heteroatoms. The molecule has 1 aliphatic carbocycles. The number of aliphatic hydroxyl groups excluding tert-OH is 1. The van der Waals surface area contributed by atoms with Crippen molar-refractivity contribution in [3.05, 3.63) is 74.9 Å². The average molecular weight is 655 g/mol. The number of aryl methyl sites for hydroxylation is 1. The first-order valence-electron chi connectivity index (χ1n) is 14.4. The number of halogens is 7. The highest BCUT2D eigenvalue weighted by atomic mass is 32.1. The van der Waals surface area contributed by atoms with Crippen molar-refractivity contribution >= 4 is 22.9 Å². The first kappa shape index (κ1) is 34.4. The maximum absolute atomic E-state index is 14.2. The number of carbonyl (C=O) groups excluding carboxylic acids is 1. The van der Waals surface area contributed by atoms with Crippen LogP contribution < -0.4 is 4.90 Å². The smallest absolute Gasteiger partial charge is 0.396 e. The predicted octanol–water partition coefficient (Wildman–Crippen LogP) is 9.37. The van der Waals surface area contributed by atoms with Gasteiger partial charge < -0.3 is 10.0 Å². The van der Waals surface area contributed by atoms with Crippen LogP contribution in [0.15, 0.2) is 36.4 Å². The SMILES string of the molecule is Cc1cc(F)ccc1-c1sc(C2CCC(CCO)CC2)c(C#N)c1N(C)C(=O)C(C)(C)c1cc(C(F)(F)F)cc(C(F)(F)F)c1. The first-order valence-corrected chi connectivity index (χ1v) is 15.2. The highest BCUT2D eigenvalue weighted by Crippen LogP contribution is 2.51. The number of nitrogens with zero attached hydrogens (tertiary/aromatic N) is 2. The van der Waals surface area contributed by atoms with Gasteiger partial charge in [0, 0.05) is 18.5 Å². The summed E-state index contributed by atoms with van der Waals surface area (Å²) in [6.45, 7) is 4.23. The number of amides is 1. The zero-order valence-electron chi connectivity index (χ0n) is 25.2. The summed E-state index contributed by atoms with van der Waals surface area (Å²) in [5.41, 5.74) is -4.02. The van der Waals surface area contributed by atoms with E-state index in [0.29, 0.717) is 45.4 Å². The topological polar surface area (TPSA) is 64.3 Å². The second kappa shape index (κ2) is 12.8. The molecule has 0 unspecified atom stereocenters. The summed E-state index contributed by atoms with van der Waals surface area (Å²) in [6, 6.07) is 7.37. The van der Waals surface area contributed by atoms with E-state index in [2.05, 4.69) is 6.07 Å². The number of hydrogen-bond donors (Lipinski definition) is 1. The van der Waals surface area contributed by atoms with Crippen LogP contribution in [0.1, 0.15) is 84.6 Å². The van der Waals surface area contributed by atoms with Crippen molar-refractivity contribution in [3.8, 4) is 16.5 Å². The average Bonchev–Trinajstić information content (AvgIpc) is 3.35. The van der Waals surface area contributed by atoms with Crippen molar-refractivity contribution in [1.29, 1.82) is 5.26 Å². The second-order valence-electron chi connectivity index (χ2n) is 12.1. The molecule has 1 N–H and O–H groups in total. The molecule has 0 atom stereocenters. The van der Waals surface area contributed by atoms with Crippen LogP contribution >= 0.6 is 11.3 Å². The van der Waals surface area contributed by atoms with Crippen molar-refractivity contribution in [1.82, 2.24) is 0 Å². The van der Waals surface area contributed by atoms with Gasteiger partial charge >= 0.3 is 12.4 Å². The Morgan fingerprint density at radius 1 is 0.978 bits per heavy atom. The summed E-state index contributed by atoms with van der Waals surface area (Å²) in [6.07, 6.45) is -6.41. The molecule has 1 aliphatic rings. The maximum Gasteiger partial charge on any atom is 0.416 e. The molecule has 4 nitrogen and oxygen atoms in total. The molecule has 0 aliphatic heterocycles. The Labute approximate surface area is 261 Å². The minimum absolute atomic E-state index is 0.0113. The minimum Gasteiger partial charge on any atom is -0.396 e. The van der Waals surface area contributed by atoms with E-state index in [1.54, 1.807) is 6.92 Å². The fraction of sp³-hybridized carbons (Fsp3) is 0.455. The lowest BCUT2D eigenvalue weighted by Crippen LogP contribution is -2.42. The molecule has 0 radical (unpaired) electrons. The molecule has 0 bridgehead atoms. The Hall–Kier alpha value is -3.43. The van der Waals surface area contributed by atoms with Crippen LogP contribution in [0.5, 0.6) is 0 Å². The Morgan fingerprint density at radius 2 is 1.53 bits per heavy atom. The van der Waals surface area contributed by atoms with Crippen LogP contribution in [0.4, 0.5) is 36.4 Å². The zero-order chi connectivity index (χ0) is 33.5. The molecule has 1 saturated carbocycles. The fourth-order valence-electron chi connectivity index (χ4n) is 6.08. The normalized spacial score (nSPS) is 17.7. The largest absolute Gasteiger partial charge is 0.416 e.